The summed E-state index contributed by atoms with van der Waals surface area (Å²) in [6.45, 7) is 4.51. The van der Waals surface area contributed by atoms with Crippen LogP contribution in [0.25, 0.3) is 11.4 Å². The molecule has 0 aliphatic carbocycles. The maximum absolute atomic E-state index is 11.7. The molecule has 0 spiro atoms. The van der Waals surface area contributed by atoms with Crippen LogP contribution in [0.15, 0.2) is 33.8 Å². The summed E-state index contributed by atoms with van der Waals surface area (Å²) < 4.78 is 10.2. The number of benzene rings is 1. The number of nitrogens with zero attached hydrogens (tertiary/aromatic N) is 4. The number of methoxy groups -OCH3 is 1. The summed E-state index contributed by atoms with van der Waals surface area (Å²) in [7, 11) is 1.43. The lowest BCUT2D eigenvalue weighted by Crippen LogP contribution is -2.46. The maximum Gasteiger partial charge on any atom is 0.308 e. The van der Waals surface area contributed by atoms with Gasteiger partial charge in [0.1, 0.15) is 6.54 Å². The third-order valence-electron chi connectivity index (χ3n) is 4.58. The van der Waals surface area contributed by atoms with Crippen molar-refractivity contribution >= 4 is 23.5 Å². The van der Waals surface area contributed by atoms with Gasteiger partial charge in [-0.15, -0.1) is 0 Å². The van der Waals surface area contributed by atoms with Crippen LogP contribution in [-0.4, -0.2) is 53.7 Å². The number of halogens is 1. The number of rotatable bonds is 5. The van der Waals surface area contributed by atoms with Crippen LogP contribution in [0.2, 0.25) is 5.02 Å². The SMILES string of the molecule is CCNC(=NCc1nc(-c2cccc(Cl)c2)no1)N1CCC(C(=O)OC)CC1. The Hall–Kier alpha value is -2.61. The van der Waals surface area contributed by atoms with Gasteiger partial charge in [-0.3, -0.25) is 4.79 Å². The fourth-order valence-electron chi connectivity index (χ4n) is 3.13. The first kappa shape index (κ1) is 20.1. The van der Waals surface area contributed by atoms with Gasteiger partial charge in [0.25, 0.3) is 0 Å². The van der Waals surface area contributed by atoms with Gasteiger partial charge in [0.15, 0.2) is 5.96 Å². The Bertz CT molecular complexity index is 830. The number of carbonyl (C=O) groups is 1. The molecule has 2 aromatic rings. The standard InChI is InChI=1S/C19H24ClN5O3/c1-3-21-19(25-9-7-13(8-10-25)18(26)27-2)22-12-16-23-17(24-28-16)14-5-4-6-15(20)11-14/h4-6,11,13H,3,7-10,12H2,1-2H3,(H,21,22). The Balaban J connectivity index is 1.64. The average Bonchev–Trinajstić information content (AvgIpc) is 3.20. The van der Waals surface area contributed by atoms with E-state index in [1.807, 2.05) is 19.1 Å². The molecular formula is C19H24ClN5O3. The van der Waals surface area contributed by atoms with Crippen molar-refractivity contribution in [3.05, 3.63) is 35.2 Å². The van der Waals surface area contributed by atoms with Crippen LogP contribution in [-0.2, 0) is 16.1 Å². The van der Waals surface area contributed by atoms with Crippen molar-refractivity contribution in [3.8, 4) is 11.4 Å². The Morgan fingerprint density at radius 1 is 1.43 bits per heavy atom. The molecule has 8 nitrogen and oxygen atoms in total. The number of likely N-dealkylation sites (tertiary alicyclic amines) is 1. The third kappa shape index (κ3) is 5.01. The minimum Gasteiger partial charge on any atom is -0.469 e. The van der Waals surface area contributed by atoms with Crippen molar-refractivity contribution in [1.82, 2.24) is 20.4 Å². The average molecular weight is 406 g/mol. The van der Waals surface area contributed by atoms with E-state index in [1.54, 1.807) is 12.1 Å². The summed E-state index contributed by atoms with van der Waals surface area (Å²) in [4.78, 5) is 22.8. The number of hydrogen-bond acceptors (Lipinski definition) is 6. The summed E-state index contributed by atoms with van der Waals surface area (Å²) in [5.41, 5.74) is 0.795. The number of hydrogen-bond donors (Lipinski definition) is 1. The van der Waals surface area contributed by atoms with Gasteiger partial charge in [-0.2, -0.15) is 4.98 Å². The van der Waals surface area contributed by atoms with Crippen molar-refractivity contribution in [2.45, 2.75) is 26.3 Å². The number of esters is 1. The number of nitrogens with one attached hydrogen (secondary N) is 1. The van der Waals surface area contributed by atoms with Gasteiger partial charge in [-0.25, -0.2) is 4.99 Å². The Morgan fingerprint density at radius 3 is 2.89 bits per heavy atom. The summed E-state index contributed by atoms with van der Waals surface area (Å²) in [5.74, 6) is 1.50. The number of piperidine rings is 1. The minimum atomic E-state index is -0.138. The van der Waals surface area contributed by atoms with Crippen molar-refractivity contribution in [2.24, 2.45) is 10.9 Å². The maximum atomic E-state index is 11.7. The molecule has 0 unspecified atom stereocenters. The highest BCUT2D eigenvalue weighted by Gasteiger charge is 2.27. The molecule has 1 aliphatic heterocycles. The Morgan fingerprint density at radius 2 is 2.21 bits per heavy atom. The van der Waals surface area contributed by atoms with Gasteiger partial charge in [-0.05, 0) is 31.9 Å². The van der Waals surface area contributed by atoms with Gasteiger partial charge in [0.2, 0.25) is 11.7 Å². The molecule has 3 rings (SSSR count). The zero-order valence-corrected chi connectivity index (χ0v) is 16.8. The molecule has 9 heteroatoms. The van der Waals surface area contributed by atoms with Gasteiger partial charge in [0, 0.05) is 30.2 Å². The predicted octanol–water partition coefficient (Wildman–Crippen LogP) is 2.74. The molecule has 1 aromatic heterocycles. The molecule has 0 saturated carbocycles. The van der Waals surface area contributed by atoms with Crippen molar-refractivity contribution < 1.29 is 14.1 Å². The van der Waals surface area contributed by atoms with Crippen molar-refractivity contribution in [1.29, 1.82) is 0 Å². The molecule has 28 heavy (non-hydrogen) atoms. The first-order chi connectivity index (χ1) is 13.6. The number of carbonyl (C=O) groups excluding carboxylic acids is 1. The Labute approximate surface area is 168 Å². The van der Waals surface area contributed by atoms with E-state index in [-0.39, 0.29) is 18.4 Å². The second-order valence-corrected chi connectivity index (χ2v) is 6.91. The molecular weight excluding hydrogens is 382 g/mol. The molecule has 1 N–H and O–H groups in total. The van der Waals surface area contributed by atoms with E-state index in [9.17, 15) is 4.79 Å². The largest absolute Gasteiger partial charge is 0.469 e. The zero-order valence-electron chi connectivity index (χ0n) is 16.0. The molecule has 0 bridgehead atoms. The highest BCUT2D eigenvalue weighted by atomic mass is 35.5. The molecule has 1 aliphatic rings. The van der Waals surface area contributed by atoms with E-state index in [1.165, 1.54) is 7.11 Å². The predicted molar refractivity (Wildman–Crippen MR) is 106 cm³/mol. The quantitative estimate of drug-likeness (QED) is 0.464. The van der Waals surface area contributed by atoms with Gasteiger partial charge in [0.05, 0.1) is 13.0 Å². The van der Waals surface area contributed by atoms with E-state index < -0.39 is 0 Å². The molecule has 1 fully saturated rings. The molecule has 1 aromatic carbocycles. The lowest BCUT2D eigenvalue weighted by molar-refractivity contribution is -0.146. The lowest BCUT2D eigenvalue weighted by atomic mass is 9.97. The molecule has 0 atom stereocenters. The Kier molecular flexibility index (Phi) is 6.86. The second-order valence-electron chi connectivity index (χ2n) is 6.48. The molecule has 150 valence electrons. The first-order valence-corrected chi connectivity index (χ1v) is 9.68. The number of guanidine groups is 1. The monoisotopic (exact) mass is 405 g/mol. The smallest absolute Gasteiger partial charge is 0.308 e. The molecule has 0 radical (unpaired) electrons. The topological polar surface area (TPSA) is 92.9 Å². The van der Waals surface area contributed by atoms with Crippen LogP contribution < -0.4 is 5.32 Å². The highest BCUT2D eigenvalue weighted by molar-refractivity contribution is 6.30. The number of aliphatic imine (C=N–C) groups is 1. The van der Waals surface area contributed by atoms with Gasteiger partial charge in [-0.1, -0.05) is 28.9 Å². The van der Waals surface area contributed by atoms with E-state index in [2.05, 4.69) is 25.3 Å². The molecule has 1 saturated heterocycles. The fourth-order valence-corrected chi connectivity index (χ4v) is 3.32. The van der Waals surface area contributed by atoms with Crippen LogP contribution in [0.4, 0.5) is 0 Å². The fraction of sp³-hybridized carbons (Fsp3) is 0.474. The van der Waals surface area contributed by atoms with E-state index >= 15 is 0 Å². The van der Waals surface area contributed by atoms with Crippen molar-refractivity contribution in [2.75, 3.05) is 26.7 Å². The highest BCUT2D eigenvalue weighted by Crippen LogP contribution is 2.21. The number of aromatic nitrogens is 2. The van der Waals surface area contributed by atoms with E-state index in [0.717, 1.165) is 44.0 Å². The normalized spacial score (nSPS) is 15.5. The number of ether oxygens (including phenoxy) is 1. The first-order valence-electron chi connectivity index (χ1n) is 9.30. The van der Waals surface area contributed by atoms with Gasteiger partial charge >= 0.3 is 5.97 Å². The lowest BCUT2D eigenvalue weighted by Gasteiger charge is -2.33. The molecule has 2 heterocycles. The van der Waals surface area contributed by atoms with Crippen LogP contribution in [0.3, 0.4) is 0 Å². The zero-order chi connectivity index (χ0) is 19.9. The summed E-state index contributed by atoms with van der Waals surface area (Å²) in [6.07, 6.45) is 1.49. The van der Waals surface area contributed by atoms with E-state index in [0.29, 0.717) is 16.7 Å². The minimum absolute atomic E-state index is 0.0414. The third-order valence-corrected chi connectivity index (χ3v) is 4.81. The van der Waals surface area contributed by atoms with Crippen molar-refractivity contribution in [3.63, 3.8) is 0 Å². The molecule has 0 amide bonds. The summed E-state index contributed by atoms with van der Waals surface area (Å²) in [5, 5.41) is 7.90. The summed E-state index contributed by atoms with van der Waals surface area (Å²) >= 11 is 6.01. The second kappa shape index (κ2) is 9.54. The van der Waals surface area contributed by atoms with Crippen LogP contribution in [0.5, 0.6) is 0 Å². The van der Waals surface area contributed by atoms with Crippen LogP contribution in [0, 0.1) is 5.92 Å². The van der Waals surface area contributed by atoms with E-state index in [4.69, 9.17) is 20.9 Å². The van der Waals surface area contributed by atoms with Crippen LogP contribution >= 0.6 is 11.6 Å². The van der Waals surface area contributed by atoms with Gasteiger partial charge < -0.3 is 19.5 Å². The summed E-state index contributed by atoms with van der Waals surface area (Å²) in [6, 6.07) is 7.30. The van der Waals surface area contributed by atoms with Crippen LogP contribution in [0.1, 0.15) is 25.7 Å².